The molecule has 3 aromatic rings. The summed E-state index contributed by atoms with van der Waals surface area (Å²) in [6, 6.07) is 7.42. The smallest absolute Gasteiger partial charge is 0.252 e. The van der Waals surface area contributed by atoms with Crippen LogP contribution in [0.1, 0.15) is 11.4 Å². The Morgan fingerprint density at radius 2 is 2.07 bits per heavy atom. The second-order valence-electron chi connectivity index (χ2n) is 6.68. The number of hydrogen-bond acceptors (Lipinski definition) is 6. The van der Waals surface area contributed by atoms with Crippen LogP contribution in [-0.2, 0) is 17.8 Å². The summed E-state index contributed by atoms with van der Waals surface area (Å²) in [5, 5.41) is 5.00. The molecule has 1 aliphatic rings. The largest absolute Gasteiger partial charge is 0.496 e. The van der Waals surface area contributed by atoms with E-state index in [-0.39, 0.29) is 12.3 Å². The highest BCUT2D eigenvalue weighted by atomic mass is 35.5. The Labute approximate surface area is 167 Å². The van der Waals surface area contributed by atoms with Gasteiger partial charge in [-0.25, -0.2) is 9.50 Å². The van der Waals surface area contributed by atoms with E-state index in [2.05, 4.69) is 20.0 Å². The number of amides is 1. The Bertz CT molecular complexity index is 950. The van der Waals surface area contributed by atoms with Crippen molar-refractivity contribution in [2.45, 2.75) is 13.0 Å². The van der Waals surface area contributed by atoms with Crippen LogP contribution in [0, 0.1) is 0 Å². The fourth-order valence-electron chi connectivity index (χ4n) is 3.36. The summed E-state index contributed by atoms with van der Waals surface area (Å²) in [6.45, 7) is 3.68. The van der Waals surface area contributed by atoms with Gasteiger partial charge in [0.05, 0.1) is 13.5 Å². The van der Waals surface area contributed by atoms with E-state index in [1.165, 1.54) is 0 Å². The van der Waals surface area contributed by atoms with Crippen LogP contribution in [0.25, 0.3) is 5.78 Å². The Morgan fingerprint density at radius 3 is 2.82 bits per heavy atom. The van der Waals surface area contributed by atoms with Gasteiger partial charge in [-0.2, -0.15) is 4.98 Å². The Balaban J connectivity index is 1.33. The number of benzene rings is 1. The number of fused-ring (bicyclic) bond motifs is 1. The van der Waals surface area contributed by atoms with E-state index < -0.39 is 0 Å². The summed E-state index contributed by atoms with van der Waals surface area (Å²) >= 11 is 6.12. The predicted octanol–water partition coefficient (Wildman–Crippen LogP) is 1.67. The molecule has 0 atom stereocenters. The summed E-state index contributed by atoms with van der Waals surface area (Å²) in [5.41, 5.74) is 1.05. The van der Waals surface area contributed by atoms with Gasteiger partial charge in [-0.15, -0.1) is 5.10 Å². The molecular formula is C19H21ClN6O2. The third kappa shape index (κ3) is 4.07. The van der Waals surface area contributed by atoms with Gasteiger partial charge in [-0.3, -0.25) is 9.69 Å². The first kappa shape index (κ1) is 18.6. The number of hydrogen-bond donors (Lipinski definition) is 0. The zero-order valence-corrected chi connectivity index (χ0v) is 16.3. The Kier molecular flexibility index (Phi) is 5.40. The van der Waals surface area contributed by atoms with E-state index in [9.17, 15) is 4.79 Å². The van der Waals surface area contributed by atoms with Crippen LogP contribution in [0.5, 0.6) is 5.75 Å². The minimum absolute atomic E-state index is 0.0379. The second-order valence-corrected chi connectivity index (χ2v) is 7.12. The first-order chi connectivity index (χ1) is 13.6. The molecule has 0 saturated carbocycles. The highest BCUT2D eigenvalue weighted by molar-refractivity contribution is 6.30. The van der Waals surface area contributed by atoms with E-state index >= 15 is 0 Å². The summed E-state index contributed by atoms with van der Waals surface area (Å²) in [6.07, 6.45) is 3.61. The second kappa shape index (κ2) is 8.12. The van der Waals surface area contributed by atoms with Crippen molar-refractivity contribution in [3.63, 3.8) is 0 Å². The zero-order chi connectivity index (χ0) is 19.5. The lowest BCUT2D eigenvalue weighted by Gasteiger charge is -2.34. The van der Waals surface area contributed by atoms with Crippen molar-refractivity contribution in [2.24, 2.45) is 0 Å². The minimum Gasteiger partial charge on any atom is -0.496 e. The molecule has 1 fully saturated rings. The molecule has 1 aliphatic heterocycles. The molecule has 0 aliphatic carbocycles. The van der Waals surface area contributed by atoms with Gasteiger partial charge < -0.3 is 9.64 Å². The maximum Gasteiger partial charge on any atom is 0.252 e. The van der Waals surface area contributed by atoms with Gasteiger partial charge in [0.1, 0.15) is 5.75 Å². The molecule has 146 valence electrons. The number of halogens is 1. The average Bonchev–Trinajstić information content (AvgIpc) is 3.11. The molecular weight excluding hydrogens is 380 g/mol. The van der Waals surface area contributed by atoms with Crippen molar-refractivity contribution in [2.75, 3.05) is 33.3 Å². The molecule has 1 amide bonds. The van der Waals surface area contributed by atoms with Crippen molar-refractivity contribution in [1.82, 2.24) is 29.4 Å². The Hall–Kier alpha value is -2.71. The summed E-state index contributed by atoms with van der Waals surface area (Å²) in [5.74, 6) is 1.87. The number of methoxy groups -OCH3 is 1. The fraction of sp³-hybridized carbons (Fsp3) is 0.368. The normalized spacial score (nSPS) is 15.1. The van der Waals surface area contributed by atoms with Crippen LogP contribution in [0.2, 0.25) is 5.02 Å². The zero-order valence-electron chi connectivity index (χ0n) is 15.6. The maximum atomic E-state index is 12.6. The van der Waals surface area contributed by atoms with Crippen molar-refractivity contribution in [1.29, 1.82) is 0 Å². The van der Waals surface area contributed by atoms with Crippen molar-refractivity contribution < 1.29 is 9.53 Å². The molecule has 1 aromatic carbocycles. The van der Waals surface area contributed by atoms with Crippen LogP contribution < -0.4 is 4.74 Å². The van der Waals surface area contributed by atoms with E-state index in [1.54, 1.807) is 30.1 Å². The molecule has 8 nitrogen and oxygen atoms in total. The lowest BCUT2D eigenvalue weighted by molar-refractivity contribution is -0.132. The number of carbonyl (C=O) groups is 1. The molecule has 2 aromatic heterocycles. The molecule has 0 bridgehead atoms. The fourth-order valence-corrected chi connectivity index (χ4v) is 3.56. The average molecular weight is 401 g/mol. The summed E-state index contributed by atoms with van der Waals surface area (Å²) < 4.78 is 7.00. The third-order valence-electron chi connectivity index (χ3n) is 4.83. The van der Waals surface area contributed by atoms with Crippen molar-refractivity contribution in [3.05, 3.63) is 53.1 Å². The first-order valence-electron chi connectivity index (χ1n) is 9.11. The summed E-state index contributed by atoms with van der Waals surface area (Å²) in [7, 11) is 1.66. The van der Waals surface area contributed by atoms with Crippen LogP contribution in [0.3, 0.4) is 0 Å². The quantitative estimate of drug-likeness (QED) is 0.648. The van der Waals surface area contributed by atoms with Gasteiger partial charge in [-0.1, -0.05) is 11.6 Å². The molecule has 0 spiro atoms. The topological polar surface area (TPSA) is 75.9 Å². The van der Waals surface area contributed by atoms with E-state index in [4.69, 9.17) is 16.3 Å². The highest BCUT2D eigenvalue weighted by Gasteiger charge is 2.23. The number of aromatic nitrogens is 4. The van der Waals surface area contributed by atoms with Gasteiger partial charge >= 0.3 is 0 Å². The number of ether oxygens (including phenoxy) is 1. The van der Waals surface area contributed by atoms with Crippen LogP contribution in [0.4, 0.5) is 0 Å². The van der Waals surface area contributed by atoms with Crippen molar-refractivity contribution >= 4 is 23.3 Å². The van der Waals surface area contributed by atoms with Crippen LogP contribution in [-0.4, -0.2) is 68.6 Å². The Morgan fingerprint density at radius 1 is 1.25 bits per heavy atom. The highest BCUT2D eigenvalue weighted by Crippen LogP contribution is 2.24. The van der Waals surface area contributed by atoms with E-state index in [0.717, 1.165) is 30.9 Å². The number of rotatable bonds is 5. The van der Waals surface area contributed by atoms with Gasteiger partial charge in [0.25, 0.3) is 5.78 Å². The summed E-state index contributed by atoms with van der Waals surface area (Å²) in [4.78, 5) is 25.2. The van der Waals surface area contributed by atoms with E-state index in [1.807, 2.05) is 23.1 Å². The number of nitrogens with zero attached hydrogens (tertiary/aromatic N) is 6. The molecule has 4 rings (SSSR count). The van der Waals surface area contributed by atoms with Crippen LogP contribution >= 0.6 is 11.6 Å². The van der Waals surface area contributed by atoms with Gasteiger partial charge in [0, 0.05) is 55.7 Å². The third-order valence-corrected chi connectivity index (χ3v) is 5.07. The molecule has 1 saturated heterocycles. The van der Waals surface area contributed by atoms with Gasteiger partial charge in [-0.05, 0) is 24.3 Å². The maximum absolute atomic E-state index is 12.6. The van der Waals surface area contributed by atoms with Crippen molar-refractivity contribution in [3.8, 4) is 5.75 Å². The molecule has 0 N–H and O–H groups in total. The lowest BCUT2D eigenvalue weighted by Crippen LogP contribution is -2.48. The standard InChI is InChI=1S/C19H21ClN6O2/c1-28-16-4-3-15(20)11-14(16)13-24-7-9-25(10-8-24)18(27)12-17-22-19-21-5-2-6-26(19)23-17/h2-6,11H,7-10,12-13H2,1H3. The van der Waals surface area contributed by atoms with Gasteiger partial charge in [0.15, 0.2) is 5.82 Å². The first-order valence-corrected chi connectivity index (χ1v) is 9.49. The molecule has 28 heavy (non-hydrogen) atoms. The van der Waals surface area contributed by atoms with Crippen LogP contribution in [0.15, 0.2) is 36.7 Å². The SMILES string of the molecule is COc1ccc(Cl)cc1CN1CCN(C(=O)Cc2nc3ncccn3n2)CC1. The lowest BCUT2D eigenvalue weighted by atomic mass is 10.1. The predicted molar refractivity (Wildman–Crippen MR) is 104 cm³/mol. The molecule has 3 heterocycles. The number of carbonyl (C=O) groups excluding carboxylic acids is 1. The molecule has 9 heteroatoms. The minimum atomic E-state index is 0.0379. The molecule has 0 radical (unpaired) electrons. The van der Waals surface area contributed by atoms with E-state index in [0.29, 0.717) is 29.7 Å². The monoisotopic (exact) mass is 400 g/mol. The van der Waals surface area contributed by atoms with Gasteiger partial charge in [0.2, 0.25) is 5.91 Å². The number of piperazine rings is 1. The molecule has 0 unspecified atom stereocenters.